The summed E-state index contributed by atoms with van der Waals surface area (Å²) in [5.41, 5.74) is 3.50. The average Bonchev–Trinajstić information content (AvgIpc) is 2.74. The van der Waals surface area contributed by atoms with E-state index in [1.54, 1.807) is 24.3 Å². The highest BCUT2D eigenvalue weighted by atomic mass is 32.2. The van der Waals surface area contributed by atoms with Crippen molar-refractivity contribution in [1.29, 1.82) is 0 Å². The Hall–Kier alpha value is -2.22. The normalized spacial score (nSPS) is 15.8. The maximum absolute atomic E-state index is 12.5. The molecule has 0 radical (unpaired) electrons. The maximum Gasteiger partial charge on any atom is 0.337 e. The molecule has 1 heterocycles. The Morgan fingerprint density at radius 3 is 2.47 bits per heavy atom. The minimum atomic E-state index is -3.47. The van der Waals surface area contributed by atoms with E-state index in [0.717, 1.165) is 32.5 Å². The number of nitrogens with zero attached hydrogens (tertiary/aromatic N) is 1. The lowest BCUT2D eigenvalue weighted by Crippen LogP contribution is -2.38. The molecule has 0 saturated carbocycles. The number of rotatable bonds is 8. The maximum atomic E-state index is 12.5. The third kappa shape index (κ3) is 6.65. The molecule has 2 aromatic rings. The number of benzene rings is 2. The van der Waals surface area contributed by atoms with Crippen molar-refractivity contribution in [3.05, 3.63) is 70.8 Å². The molecule has 0 atom stereocenters. The molecule has 3 rings (SSSR count). The van der Waals surface area contributed by atoms with Crippen LogP contribution in [0.1, 0.15) is 39.9 Å². The molecule has 0 unspecified atom stereocenters. The predicted octanol–water partition coefficient (Wildman–Crippen LogP) is 3.11. The van der Waals surface area contributed by atoms with E-state index < -0.39 is 16.0 Å². The number of piperidine rings is 1. The van der Waals surface area contributed by atoms with Gasteiger partial charge in [0.05, 0.1) is 18.4 Å². The second kappa shape index (κ2) is 10.2. The topological polar surface area (TPSA) is 75.7 Å². The molecule has 162 valence electrons. The predicted molar refractivity (Wildman–Crippen MR) is 118 cm³/mol. The number of likely N-dealkylation sites (tertiary alicyclic amines) is 1. The summed E-state index contributed by atoms with van der Waals surface area (Å²) in [4.78, 5) is 14.1. The van der Waals surface area contributed by atoms with Gasteiger partial charge in [0, 0.05) is 13.1 Å². The molecule has 2 aromatic carbocycles. The first kappa shape index (κ1) is 22.5. The Morgan fingerprint density at radius 2 is 1.80 bits per heavy atom. The van der Waals surface area contributed by atoms with E-state index in [-0.39, 0.29) is 5.75 Å². The zero-order chi connectivity index (χ0) is 21.6. The molecular formula is C23H30N2O4S. The van der Waals surface area contributed by atoms with Crippen molar-refractivity contribution >= 4 is 16.0 Å². The fourth-order valence-corrected chi connectivity index (χ4v) is 4.93. The van der Waals surface area contributed by atoms with Crippen LogP contribution >= 0.6 is 0 Å². The molecule has 0 amide bonds. The van der Waals surface area contributed by atoms with Crippen LogP contribution in [0.4, 0.5) is 0 Å². The standard InChI is InChI=1S/C23H30N2O4S/c1-18-6-8-20(9-7-18)16-25-12-10-19(11-13-25)15-24-30(27,28)17-21-4-3-5-22(14-21)23(26)29-2/h3-9,14,19,24H,10-13,15-17H2,1-2H3. The first-order valence-corrected chi connectivity index (χ1v) is 11.9. The number of sulfonamides is 1. The van der Waals surface area contributed by atoms with Gasteiger partial charge in [0.25, 0.3) is 0 Å². The quantitative estimate of drug-likeness (QED) is 0.652. The van der Waals surface area contributed by atoms with Crippen molar-refractivity contribution in [2.45, 2.75) is 32.1 Å². The number of methoxy groups -OCH3 is 1. The summed E-state index contributed by atoms with van der Waals surface area (Å²) in [6, 6.07) is 15.2. The summed E-state index contributed by atoms with van der Waals surface area (Å²) in [5.74, 6) is -0.278. The van der Waals surface area contributed by atoms with E-state index in [1.807, 2.05) is 0 Å². The Morgan fingerprint density at radius 1 is 1.10 bits per heavy atom. The monoisotopic (exact) mass is 430 g/mol. The highest BCUT2D eigenvalue weighted by molar-refractivity contribution is 7.88. The Kier molecular flexibility index (Phi) is 7.64. The third-order valence-corrected chi connectivity index (χ3v) is 6.85. The second-order valence-electron chi connectivity index (χ2n) is 8.00. The van der Waals surface area contributed by atoms with E-state index in [1.165, 1.54) is 18.2 Å². The number of hydrogen-bond donors (Lipinski definition) is 1. The van der Waals surface area contributed by atoms with Crippen molar-refractivity contribution in [2.75, 3.05) is 26.7 Å². The molecule has 0 spiro atoms. The zero-order valence-corrected chi connectivity index (χ0v) is 18.5. The van der Waals surface area contributed by atoms with Gasteiger partial charge < -0.3 is 4.74 Å². The lowest BCUT2D eigenvalue weighted by Gasteiger charge is -2.32. The van der Waals surface area contributed by atoms with Crippen LogP contribution in [0.3, 0.4) is 0 Å². The number of esters is 1. The fraction of sp³-hybridized carbons (Fsp3) is 0.435. The lowest BCUT2D eigenvalue weighted by molar-refractivity contribution is 0.0600. The lowest BCUT2D eigenvalue weighted by atomic mass is 9.97. The molecule has 1 saturated heterocycles. The van der Waals surface area contributed by atoms with Crippen molar-refractivity contribution < 1.29 is 17.9 Å². The van der Waals surface area contributed by atoms with Gasteiger partial charge in [-0.2, -0.15) is 0 Å². The molecule has 1 N–H and O–H groups in total. The summed E-state index contributed by atoms with van der Waals surface area (Å²) < 4.78 is 32.4. The minimum absolute atomic E-state index is 0.149. The number of nitrogens with one attached hydrogen (secondary N) is 1. The third-order valence-electron chi connectivity index (χ3n) is 5.53. The van der Waals surface area contributed by atoms with E-state index in [2.05, 4.69) is 40.8 Å². The molecule has 1 fully saturated rings. The summed E-state index contributed by atoms with van der Waals surface area (Å²) in [7, 11) is -2.16. The molecule has 7 heteroatoms. The number of hydrogen-bond acceptors (Lipinski definition) is 5. The van der Waals surface area contributed by atoms with E-state index in [4.69, 9.17) is 4.74 Å². The number of carbonyl (C=O) groups is 1. The van der Waals surface area contributed by atoms with Crippen LogP contribution < -0.4 is 4.72 Å². The van der Waals surface area contributed by atoms with Crippen LogP contribution in [0.2, 0.25) is 0 Å². The van der Waals surface area contributed by atoms with E-state index in [0.29, 0.717) is 23.6 Å². The van der Waals surface area contributed by atoms with Crippen molar-refractivity contribution in [1.82, 2.24) is 9.62 Å². The molecule has 30 heavy (non-hydrogen) atoms. The Bertz CT molecular complexity index is 949. The van der Waals surface area contributed by atoms with Gasteiger partial charge in [0.2, 0.25) is 10.0 Å². The Labute approximate surface area is 179 Å². The largest absolute Gasteiger partial charge is 0.465 e. The van der Waals surface area contributed by atoms with Gasteiger partial charge in [-0.25, -0.2) is 17.9 Å². The average molecular weight is 431 g/mol. The first-order valence-electron chi connectivity index (χ1n) is 10.3. The van der Waals surface area contributed by atoms with Crippen molar-refractivity contribution in [3.8, 4) is 0 Å². The summed E-state index contributed by atoms with van der Waals surface area (Å²) >= 11 is 0. The van der Waals surface area contributed by atoms with Crippen LogP contribution in [0, 0.1) is 12.8 Å². The van der Waals surface area contributed by atoms with Crippen LogP contribution in [0.15, 0.2) is 48.5 Å². The minimum Gasteiger partial charge on any atom is -0.465 e. The highest BCUT2D eigenvalue weighted by Gasteiger charge is 2.21. The molecule has 1 aliphatic rings. The fourth-order valence-electron chi connectivity index (χ4n) is 3.72. The van der Waals surface area contributed by atoms with Gasteiger partial charge in [0.1, 0.15) is 0 Å². The molecule has 1 aliphatic heterocycles. The van der Waals surface area contributed by atoms with Gasteiger partial charge in [0.15, 0.2) is 0 Å². The molecule has 0 bridgehead atoms. The van der Waals surface area contributed by atoms with Gasteiger partial charge >= 0.3 is 5.97 Å². The number of aryl methyl sites for hydroxylation is 1. The number of ether oxygens (including phenoxy) is 1. The molecule has 0 aromatic heterocycles. The Balaban J connectivity index is 1.45. The second-order valence-corrected chi connectivity index (χ2v) is 9.81. The van der Waals surface area contributed by atoms with E-state index in [9.17, 15) is 13.2 Å². The van der Waals surface area contributed by atoms with Crippen LogP contribution in [0.25, 0.3) is 0 Å². The van der Waals surface area contributed by atoms with E-state index >= 15 is 0 Å². The van der Waals surface area contributed by atoms with Crippen molar-refractivity contribution in [3.63, 3.8) is 0 Å². The molecule has 0 aliphatic carbocycles. The van der Waals surface area contributed by atoms with Crippen LogP contribution in [-0.2, 0) is 27.1 Å². The van der Waals surface area contributed by atoms with Crippen LogP contribution in [-0.4, -0.2) is 46.0 Å². The molecular weight excluding hydrogens is 400 g/mol. The highest BCUT2D eigenvalue weighted by Crippen LogP contribution is 2.19. The summed E-state index contributed by atoms with van der Waals surface area (Å²) in [5, 5.41) is 0. The van der Waals surface area contributed by atoms with Crippen LogP contribution in [0.5, 0.6) is 0 Å². The van der Waals surface area contributed by atoms with Gasteiger partial charge in [-0.3, -0.25) is 4.90 Å². The summed E-state index contributed by atoms with van der Waals surface area (Å²) in [6.07, 6.45) is 1.96. The SMILES string of the molecule is COC(=O)c1cccc(CS(=O)(=O)NCC2CCN(Cc3ccc(C)cc3)CC2)c1. The molecule has 6 nitrogen and oxygen atoms in total. The summed E-state index contributed by atoms with van der Waals surface area (Å²) in [6.45, 7) is 5.43. The smallest absolute Gasteiger partial charge is 0.337 e. The number of carbonyl (C=O) groups excluding carboxylic acids is 1. The van der Waals surface area contributed by atoms with Crippen molar-refractivity contribution in [2.24, 2.45) is 5.92 Å². The van der Waals surface area contributed by atoms with Gasteiger partial charge in [-0.1, -0.05) is 42.0 Å². The zero-order valence-electron chi connectivity index (χ0n) is 17.6. The van der Waals surface area contributed by atoms with Gasteiger partial charge in [-0.15, -0.1) is 0 Å². The first-order chi connectivity index (χ1) is 14.3. The van der Waals surface area contributed by atoms with Gasteiger partial charge in [-0.05, 0) is 62.0 Å².